The monoisotopic (exact) mass is 211 g/mol. The Kier molecular flexibility index (Phi) is 3.19. The lowest BCUT2D eigenvalue weighted by molar-refractivity contribution is 0.686. The van der Waals surface area contributed by atoms with Gasteiger partial charge in [-0.05, 0) is 18.8 Å². The summed E-state index contributed by atoms with van der Waals surface area (Å²) < 4.78 is 0. The zero-order valence-corrected chi connectivity index (χ0v) is 8.80. The van der Waals surface area contributed by atoms with Gasteiger partial charge in [-0.2, -0.15) is 0 Å². The summed E-state index contributed by atoms with van der Waals surface area (Å²) >= 11 is 5.89. The van der Waals surface area contributed by atoms with E-state index in [2.05, 4.69) is 15.3 Å². The van der Waals surface area contributed by atoms with E-state index in [1.54, 1.807) is 6.20 Å². The quantitative estimate of drug-likeness (QED) is 0.762. The van der Waals surface area contributed by atoms with Crippen LogP contribution in [0.4, 0.5) is 5.82 Å². The highest BCUT2D eigenvalue weighted by Gasteiger charge is 2.19. The Morgan fingerprint density at radius 1 is 1.50 bits per heavy atom. The molecule has 0 atom stereocenters. The molecule has 0 aromatic carbocycles. The van der Waals surface area contributed by atoms with Crippen LogP contribution in [0.2, 0.25) is 5.02 Å². The molecule has 76 valence electrons. The molecule has 0 spiro atoms. The van der Waals surface area contributed by atoms with E-state index in [0.29, 0.717) is 5.02 Å². The Morgan fingerprint density at radius 3 is 3.07 bits per heavy atom. The maximum absolute atomic E-state index is 5.89. The summed E-state index contributed by atoms with van der Waals surface area (Å²) in [5.41, 5.74) is 0. The number of anilines is 1. The van der Waals surface area contributed by atoms with Crippen LogP contribution in [0.1, 0.15) is 25.7 Å². The molecule has 0 radical (unpaired) electrons. The third-order valence-electron chi connectivity index (χ3n) is 2.45. The molecule has 1 heterocycles. The van der Waals surface area contributed by atoms with E-state index in [9.17, 15) is 0 Å². The van der Waals surface area contributed by atoms with E-state index in [1.165, 1.54) is 32.0 Å². The van der Waals surface area contributed by atoms with Crippen molar-refractivity contribution in [1.29, 1.82) is 0 Å². The summed E-state index contributed by atoms with van der Waals surface area (Å²) in [5.74, 6) is 1.75. The average Bonchev–Trinajstić information content (AvgIpc) is 2.99. The van der Waals surface area contributed by atoms with Gasteiger partial charge in [0.05, 0.1) is 6.20 Å². The zero-order chi connectivity index (χ0) is 9.80. The molecular formula is C10H14ClN3. The van der Waals surface area contributed by atoms with Gasteiger partial charge < -0.3 is 5.32 Å². The fraction of sp³-hybridized carbons (Fsp3) is 0.600. The maximum atomic E-state index is 5.89. The van der Waals surface area contributed by atoms with Gasteiger partial charge in [-0.25, -0.2) is 9.97 Å². The second kappa shape index (κ2) is 4.60. The fourth-order valence-electron chi connectivity index (χ4n) is 1.45. The molecule has 1 aliphatic rings. The third-order valence-corrected chi connectivity index (χ3v) is 2.72. The van der Waals surface area contributed by atoms with Gasteiger partial charge in [0.25, 0.3) is 0 Å². The molecule has 1 fully saturated rings. The molecule has 0 saturated heterocycles. The van der Waals surface area contributed by atoms with E-state index < -0.39 is 0 Å². The van der Waals surface area contributed by atoms with Crippen molar-refractivity contribution >= 4 is 17.4 Å². The van der Waals surface area contributed by atoms with Gasteiger partial charge >= 0.3 is 0 Å². The predicted octanol–water partition coefficient (Wildman–Crippen LogP) is 2.73. The molecule has 1 saturated carbocycles. The highest BCUT2D eigenvalue weighted by atomic mass is 35.5. The third kappa shape index (κ3) is 2.84. The van der Waals surface area contributed by atoms with Crippen LogP contribution in [0.5, 0.6) is 0 Å². The molecule has 0 bridgehead atoms. The van der Waals surface area contributed by atoms with E-state index in [1.807, 2.05) is 0 Å². The highest BCUT2D eigenvalue weighted by Crippen LogP contribution is 2.33. The minimum absolute atomic E-state index is 0.596. The summed E-state index contributed by atoms with van der Waals surface area (Å²) in [6.07, 6.45) is 8.50. The molecular weight excluding hydrogens is 198 g/mol. The first-order chi connectivity index (χ1) is 6.86. The van der Waals surface area contributed by atoms with Crippen LogP contribution in [-0.2, 0) is 0 Å². The van der Waals surface area contributed by atoms with Crippen LogP contribution in [0, 0.1) is 5.92 Å². The van der Waals surface area contributed by atoms with Crippen molar-refractivity contribution in [2.75, 3.05) is 11.9 Å². The van der Waals surface area contributed by atoms with Crippen LogP contribution < -0.4 is 5.32 Å². The van der Waals surface area contributed by atoms with Crippen LogP contribution in [0.15, 0.2) is 12.5 Å². The number of nitrogens with one attached hydrogen (secondary N) is 1. The molecule has 1 aromatic rings. The Bertz CT molecular complexity index is 299. The minimum Gasteiger partial charge on any atom is -0.369 e. The van der Waals surface area contributed by atoms with Crippen LogP contribution in [0.25, 0.3) is 0 Å². The van der Waals surface area contributed by atoms with Crippen LogP contribution >= 0.6 is 11.6 Å². The molecule has 4 heteroatoms. The minimum atomic E-state index is 0.596. The molecule has 2 rings (SSSR count). The van der Waals surface area contributed by atoms with E-state index in [4.69, 9.17) is 11.6 Å². The first kappa shape index (κ1) is 9.71. The standard InChI is InChI=1S/C10H14ClN3/c11-9-6-12-7-14-10(9)13-5-1-2-8-3-4-8/h6-8H,1-5H2,(H,12,13,14). The summed E-state index contributed by atoms with van der Waals surface area (Å²) in [6, 6.07) is 0. The van der Waals surface area contributed by atoms with Crippen molar-refractivity contribution in [3.63, 3.8) is 0 Å². The maximum Gasteiger partial charge on any atom is 0.148 e. The predicted molar refractivity (Wildman–Crippen MR) is 57.5 cm³/mol. The number of halogens is 1. The van der Waals surface area contributed by atoms with Gasteiger partial charge in [0.15, 0.2) is 0 Å². The molecule has 0 amide bonds. The SMILES string of the molecule is Clc1cncnc1NCCCC1CC1. The van der Waals surface area contributed by atoms with Crippen molar-refractivity contribution in [2.24, 2.45) is 5.92 Å². The Hall–Kier alpha value is -0.830. The van der Waals surface area contributed by atoms with Gasteiger partial charge in [0.1, 0.15) is 17.2 Å². The number of rotatable bonds is 5. The number of hydrogen-bond donors (Lipinski definition) is 1. The Labute approximate surface area is 88.9 Å². The molecule has 3 nitrogen and oxygen atoms in total. The fourth-order valence-corrected chi connectivity index (χ4v) is 1.62. The zero-order valence-electron chi connectivity index (χ0n) is 8.04. The van der Waals surface area contributed by atoms with Crippen molar-refractivity contribution in [3.05, 3.63) is 17.5 Å². The van der Waals surface area contributed by atoms with Crippen molar-refractivity contribution in [1.82, 2.24) is 9.97 Å². The van der Waals surface area contributed by atoms with Crippen molar-refractivity contribution in [3.8, 4) is 0 Å². The largest absolute Gasteiger partial charge is 0.369 e. The molecule has 0 unspecified atom stereocenters. The molecule has 0 aliphatic heterocycles. The summed E-state index contributed by atoms with van der Waals surface area (Å²) in [4.78, 5) is 7.88. The lowest BCUT2D eigenvalue weighted by Crippen LogP contribution is -2.04. The lowest BCUT2D eigenvalue weighted by atomic mass is 10.2. The van der Waals surface area contributed by atoms with Gasteiger partial charge in [0, 0.05) is 6.54 Å². The van der Waals surface area contributed by atoms with E-state index >= 15 is 0 Å². The summed E-state index contributed by atoms with van der Waals surface area (Å²) in [6.45, 7) is 0.952. The van der Waals surface area contributed by atoms with Crippen LogP contribution in [0.3, 0.4) is 0 Å². The number of aromatic nitrogens is 2. The second-order valence-electron chi connectivity index (χ2n) is 3.73. The van der Waals surface area contributed by atoms with E-state index in [-0.39, 0.29) is 0 Å². The molecule has 1 aliphatic carbocycles. The summed E-state index contributed by atoms with van der Waals surface area (Å²) in [7, 11) is 0. The Morgan fingerprint density at radius 2 is 2.36 bits per heavy atom. The highest BCUT2D eigenvalue weighted by molar-refractivity contribution is 6.32. The normalized spacial score (nSPS) is 15.5. The topological polar surface area (TPSA) is 37.8 Å². The van der Waals surface area contributed by atoms with Gasteiger partial charge in [-0.15, -0.1) is 0 Å². The van der Waals surface area contributed by atoms with Crippen molar-refractivity contribution < 1.29 is 0 Å². The molecule has 1 aromatic heterocycles. The van der Waals surface area contributed by atoms with E-state index in [0.717, 1.165) is 18.3 Å². The Balaban J connectivity index is 1.71. The second-order valence-corrected chi connectivity index (χ2v) is 4.14. The molecule has 1 N–H and O–H groups in total. The first-order valence-corrected chi connectivity index (χ1v) is 5.43. The van der Waals surface area contributed by atoms with Crippen molar-refractivity contribution in [2.45, 2.75) is 25.7 Å². The van der Waals surface area contributed by atoms with Gasteiger partial charge in [-0.3, -0.25) is 0 Å². The summed E-state index contributed by atoms with van der Waals surface area (Å²) in [5, 5.41) is 3.81. The number of nitrogens with zero attached hydrogens (tertiary/aromatic N) is 2. The van der Waals surface area contributed by atoms with Crippen LogP contribution in [-0.4, -0.2) is 16.5 Å². The first-order valence-electron chi connectivity index (χ1n) is 5.05. The van der Waals surface area contributed by atoms with Gasteiger partial charge in [-0.1, -0.05) is 24.4 Å². The average molecular weight is 212 g/mol. The lowest BCUT2D eigenvalue weighted by Gasteiger charge is -2.05. The van der Waals surface area contributed by atoms with Gasteiger partial charge in [0.2, 0.25) is 0 Å². The smallest absolute Gasteiger partial charge is 0.148 e. The number of hydrogen-bond acceptors (Lipinski definition) is 3. The molecule has 14 heavy (non-hydrogen) atoms.